The van der Waals surface area contributed by atoms with Crippen molar-refractivity contribution in [1.29, 1.82) is 0 Å². The molecule has 0 amide bonds. The molecule has 3 aliphatic heterocycles. The highest BCUT2D eigenvalue weighted by Gasteiger charge is 2.57. The summed E-state index contributed by atoms with van der Waals surface area (Å²) in [6, 6.07) is 0.806. The minimum absolute atomic E-state index is 0.294. The third kappa shape index (κ3) is 1.68. The first kappa shape index (κ1) is 12.4. The van der Waals surface area contributed by atoms with Crippen LogP contribution < -0.4 is 10.0 Å². The van der Waals surface area contributed by atoms with Crippen molar-refractivity contribution in [2.75, 3.05) is 19.9 Å². The highest BCUT2D eigenvalue weighted by Crippen LogP contribution is 2.47. The molecular weight excluding hydrogens is 254 g/mol. The normalized spacial score (nSPS) is 60.8. The molecule has 5 aliphatic rings. The second-order valence-electron chi connectivity index (χ2n) is 7.87. The number of ether oxygens (including phenoxy) is 2. The third-order valence-electron chi connectivity index (χ3n) is 7.08. The van der Waals surface area contributed by atoms with Gasteiger partial charge in [-0.25, -0.2) is 0 Å². The average molecular weight is 279 g/mol. The van der Waals surface area contributed by atoms with Crippen molar-refractivity contribution in [3.63, 3.8) is 0 Å². The number of fused-ring (bicyclic) bond motifs is 3. The standard InChI is InChI=1S/C16H24NO3/c18-11-3-9-1-2-17-7-10-4-14-15(20-8-19-14)6-12(10)13(5-11)16(9)17/h9-16H,1-8H2/q-1/p+1. The Hall–Kier alpha value is -0.160. The minimum Gasteiger partial charge on any atom is -0.852 e. The van der Waals surface area contributed by atoms with E-state index in [4.69, 9.17) is 9.47 Å². The van der Waals surface area contributed by atoms with Gasteiger partial charge in [-0.15, -0.1) is 6.10 Å². The predicted octanol–water partition coefficient (Wildman–Crippen LogP) is -0.820. The summed E-state index contributed by atoms with van der Waals surface area (Å²) in [5.74, 6) is 2.92. The zero-order valence-corrected chi connectivity index (χ0v) is 12.0. The van der Waals surface area contributed by atoms with E-state index in [1.807, 2.05) is 4.90 Å². The van der Waals surface area contributed by atoms with E-state index >= 15 is 0 Å². The number of piperidine rings is 1. The number of hydrogen-bond donors (Lipinski definition) is 1. The largest absolute Gasteiger partial charge is 0.852 e. The van der Waals surface area contributed by atoms with Crippen LogP contribution in [-0.2, 0) is 9.47 Å². The molecule has 4 heteroatoms. The second kappa shape index (κ2) is 4.42. The van der Waals surface area contributed by atoms with Crippen molar-refractivity contribution in [1.82, 2.24) is 0 Å². The quantitative estimate of drug-likeness (QED) is 0.630. The molecule has 0 radical (unpaired) electrons. The van der Waals surface area contributed by atoms with Gasteiger partial charge in [0.25, 0.3) is 0 Å². The van der Waals surface area contributed by atoms with E-state index in [0.717, 1.165) is 43.1 Å². The Labute approximate surface area is 120 Å². The fraction of sp³-hybridized carbons (Fsp3) is 1.00. The Balaban J connectivity index is 1.45. The van der Waals surface area contributed by atoms with Crippen LogP contribution in [0.1, 0.15) is 32.1 Å². The Bertz CT molecular complexity index is 403. The molecule has 112 valence electrons. The molecule has 2 saturated carbocycles. The number of quaternary nitrogens is 1. The molecular formula is C16H25NO3. The minimum atomic E-state index is -0.294. The van der Waals surface area contributed by atoms with Crippen LogP contribution in [0.3, 0.4) is 0 Å². The summed E-state index contributed by atoms with van der Waals surface area (Å²) in [5, 5.41) is 12.2. The Kier molecular flexibility index (Phi) is 2.74. The van der Waals surface area contributed by atoms with Crippen molar-refractivity contribution in [3.8, 4) is 0 Å². The van der Waals surface area contributed by atoms with Gasteiger partial charge in [0.15, 0.2) is 0 Å². The number of nitrogens with one attached hydrogen (secondary N) is 1. The van der Waals surface area contributed by atoms with Crippen LogP contribution in [0.5, 0.6) is 0 Å². The average Bonchev–Trinajstić information content (AvgIpc) is 3.04. The Morgan fingerprint density at radius 1 is 0.900 bits per heavy atom. The lowest BCUT2D eigenvalue weighted by Gasteiger charge is -2.53. The maximum atomic E-state index is 12.2. The van der Waals surface area contributed by atoms with Crippen molar-refractivity contribution in [2.45, 2.75) is 56.5 Å². The third-order valence-corrected chi connectivity index (χ3v) is 7.08. The van der Waals surface area contributed by atoms with E-state index in [0.29, 0.717) is 24.9 Å². The summed E-state index contributed by atoms with van der Waals surface area (Å²) in [7, 11) is 0. The van der Waals surface area contributed by atoms with Gasteiger partial charge >= 0.3 is 0 Å². The maximum absolute atomic E-state index is 12.2. The molecule has 3 saturated heterocycles. The molecule has 4 nitrogen and oxygen atoms in total. The van der Waals surface area contributed by atoms with Crippen molar-refractivity contribution in [2.24, 2.45) is 23.7 Å². The highest BCUT2D eigenvalue weighted by molar-refractivity contribution is 5.00. The fourth-order valence-electron chi connectivity index (χ4n) is 6.43. The molecule has 0 spiro atoms. The van der Waals surface area contributed by atoms with Crippen LogP contribution in [0.25, 0.3) is 0 Å². The molecule has 1 N–H and O–H groups in total. The van der Waals surface area contributed by atoms with Crippen LogP contribution in [0.15, 0.2) is 0 Å². The first-order chi connectivity index (χ1) is 9.79. The van der Waals surface area contributed by atoms with E-state index in [1.54, 1.807) is 0 Å². The van der Waals surface area contributed by atoms with Crippen LogP contribution in [0.2, 0.25) is 0 Å². The van der Waals surface area contributed by atoms with Crippen LogP contribution in [-0.4, -0.2) is 44.2 Å². The van der Waals surface area contributed by atoms with Gasteiger partial charge in [0.2, 0.25) is 0 Å². The summed E-state index contributed by atoms with van der Waals surface area (Å²) in [6.07, 6.45) is 5.89. The summed E-state index contributed by atoms with van der Waals surface area (Å²) >= 11 is 0. The van der Waals surface area contributed by atoms with E-state index in [-0.39, 0.29) is 6.10 Å². The van der Waals surface area contributed by atoms with Crippen LogP contribution in [0, 0.1) is 23.7 Å². The van der Waals surface area contributed by atoms with Crippen molar-refractivity contribution >= 4 is 0 Å². The summed E-state index contributed by atoms with van der Waals surface area (Å²) < 4.78 is 11.5. The lowest BCUT2D eigenvalue weighted by Crippen LogP contribution is -3.17. The second-order valence-corrected chi connectivity index (χ2v) is 7.87. The molecule has 0 aromatic carbocycles. The zero-order valence-electron chi connectivity index (χ0n) is 12.0. The van der Waals surface area contributed by atoms with E-state index in [2.05, 4.69) is 0 Å². The van der Waals surface area contributed by atoms with Gasteiger partial charge < -0.3 is 19.5 Å². The molecule has 9 atom stereocenters. The van der Waals surface area contributed by atoms with E-state index < -0.39 is 0 Å². The molecule has 9 unspecified atom stereocenters. The van der Waals surface area contributed by atoms with Gasteiger partial charge in [-0.1, -0.05) is 12.8 Å². The van der Waals surface area contributed by atoms with E-state index in [1.165, 1.54) is 25.9 Å². The Morgan fingerprint density at radius 3 is 2.65 bits per heavy atom. The lowest BCUT2D eigenvalue weighted by molar-refractivity contribution is -0.931. The molecule has 2 aliphatic carbocycles. The smallest absolute Gasteiger partial charge is 0.147 e. The van der Waals surface area contributed by atoms with Gasteiger partial charge in [-0.3, -0.25) is 0 Å². The number of rotatable bonds is 0. The summed E-state index contributed by atoms with van der Waals surface area (Å²) in [6.45, 7) is 3.14. The van der Waals surface area contributed by atoms with Gasteiger partial charge in [-0.05, 0) is 18.8 Å². The molecule has 3 heterocycles. The van der Waals surface area contributed by atoms with E-state index in [9.17, 15) is 5.11 Å². The number of hydrogen-bond acceptors (Lipinski definition) is 3. The van der Waals surface area contributed by atoms with Crippen molar-refractivity contribution < 1.29 is 19.5 Å². The molecule has 0 aromatic heterocycles. The fourth-order valence-corrected chi connectivity index (χ4v) is 6.43. The van der Waals surface area contributed by atoms with Crippen LogP contribution >= 0.6 is 0 Å². The maximum Gasteiger partial charge on any atom is 0.147 e. The summed E-state index contributed by atoms with van der Waals surface area (Å²) in [4.78, 5) is 1.82. The van der Waals surface area contributed by atoms with Gasteiger partial charge in [-0.2, -0.15) is 0 Å². The molecule has 0 bridgehead atoms. The van der Waals surface area contributed by atoms with Gasteiger partial charge in [0.1, 0.15) is 6.79 Å². The zero-order chi connectivity index (χ0) is 13.3. The molecule has 0 aromatic rings. The topological polar surface area (TPSA) is 46.0 Å². The molecule has 5 fully saturated rings. The van der Waals surface area contributed by atoms with Crippen LogP contribution in [0.4, 0.5) is 0 Å². The predicted molar refractivity (Wildman–Crippen MR) is 69.9 cm³/mol. The van der Waals surface area contributed by atoms with Gasteiger partial charge in [0, 0.05) is 24.2 Å². The van der Waals surface area contributed by atoms with Gasteiger partial charge in [0.05, 0.1) is 31.3 Å². The molecule has 5 rings (SSSR count). The summed E-state index contributed by atoms with van der Waals surface area (Å²) in [5.41, 5.74) is 0. The first-order valence-corrected chi connectivity index (χ1v) is 8.53. The Morgan fingerprint density at radius 2 is 1.75 bits per heavy atom. The SMILES string of the molecule is [O-]C1CC2CC[NH+]3CC4CC5OCOC5CC4C(C1)C23. The lowest BCUT2D eigenvalue weighted by atomic mass is 9.60. The van der Waals surface area contributed by atoms with Crippen molar-refractivity contribution in [3.05, 3.63) is 0 Å². The molecule has 20 heavy (non-hydrogen) atoms. The highest BCUT2D eigenvalue weighted by atomic mass is 16.7. The monoisotopic (exact) mass is 279 g/mol. The first-order valence-electron chi connectivity index (χ1n) is 8.53.